The van der Waals surface area contributed by atoms with Gasteiger partial charge >= 0.3 is 0 Å². The van der Waals surface area contributed by atoms with E-state index in [9.17, 15) is 4.79 Å². The molecular weight excluding hydrogens is 376 g/mol. The highest BCUT2D eigenvalue weighted by molar-refractivity contribution is 6.35. The van der Waals surface area contributed by atoms with Gasteiger partial charge in [0.2, 0.25) is 0 Å². The predicted molar refractivity (Wildman–Crippen MR) is 111 cm³/mol. The van der Waals surface area contributed by atoms with Crippen molar-refractivity contribution in [3.63, 3.8) is 0 Å². The average molecular weight is 393 g/mol. The fourth-order valence-corrected chi connectivity index (χ4v) is 3.02. The summed E-state index contributed by atoms with van der Waals surface area (Å²) in [5.41, 5.74) is 12.2. The maximum atomic E-state index is 12.9. The van der Waals surface area contributed by atoms with Crippen molar-refractivity contribution < 1.29 is 9.53 Å². The molecule has 3 aromatic rings. The zero-order chi connectivity index (χ0) is 20.1. The van der Waals surface area contributed by atoms with E-state index in [4.69, 9.17) is 21.9 Å². The third kappa shape index (κ3) is 4.26. The number of carbonyl (C=O) groups excluding carboxylic acids is 1. The molecule has 0 bridgehead atoms. The molecule has 3 rings (SSSR count). The van der Waals surface area contributed by atoms with Crippen molar-refractivity contribution in [1.29, 1.82) is 0 Å². The molecule has 0 atom stereocenters. The molecule has 0 heterocycles. The Hall–Kier alpha value is -3.47. The summed E-state index contributed by atoms with van der Waals surface area (Å²) < 4.78 is 5.21. The number of benzene rings is 3. The molecule has 0 aliphatic heterocycles. The number of rotatable bonds is 6. The van der Waals surface area contributed by atoms with Gasteiger partial charge in [0.25, 0.3) is 0 Å². The number of hydrogen-bond donors (Lipinski definition) is 1. The van der Waals surface area contributed by atoms with Crippen molar-refractivity contribution in [3.8, 4) is 5.75 Å². The molecule has 28 heavy (non-hydrogen) atoms. The van der Waals surface area contributed by atoms with E-state index in [-0.39, 0.29) is 5.78 Å². The SMILES string of the molecule is COc1cccc(Nc2ccc(C(=O)c3cc(N=[N+]=[N-])ccc3C)c(Cl)c2)c1. The van der Waals surface area contributed by atoms with Crippen molar-refractivity contribution in [1.82, 2.24) is 0 Å². The third-order valence-corrected chi connectivity index (χ3v) is 4.51. The van der Waals surface area contributed by atoms with Crippen molar-refractivity contribution in [2.75, 3.05) is 12.4 Å². The molecule has 0 aromatic heterocycles. The van der Waals surface area contributed by atoms with Gasteiger partial charge in [-0.2, -0.15) is 0 Å². The van der Waals surface area contributed by atoms with E-state index < -0.39 is 0 Å². The van der Waals surface area contributed by atoms with Crippen LogP contribution >= 0.6 is 11.6 Å². The van der Waals surface area contributed by atoms with Gasteiger partial charge in [-0.1, -0.05) is 34.9 Å². The van der Waals surface area contributed by atoms with Crippen molar-refractivity contribution in [2.45, 2.75) is 6.92 Å². The highest BCUT2D eigenvalue weighted by Crippen LogP contribution is 2.28. The number of ketones is 1. The summed E-state index contributed by atoms with van der Waals surface area (Å²) in [7, 11) is 1.61. The van der Waals surface area contributed by atoms with Gasteiger partial charge in [-0.15, -0.1) is 0 Å². The van der Waals surface area contributed by atoms with Gasteiger partial charge < -0.3 is 10.1 Å². The fourth-order valence-electron chi connectivity index (χ4n) is 2.76. The second-order valence-corrected chi connectivity index (χ2v) is 6.48. The average Bonchev–Trinajstić information content (AvgIpc) is 2.69. The van der Waals surface area contributed by atoms with Crippen LogP contribution in [0.4, 0.5) is 17.1 Å². The first-order valence-corrected chi connectivity index (χ1v) is 8.80. The summed E-state index contributed by atoms with van der Waals surface area (Å²) in [6.07, 6.45) is 0. The van der Waals surface area contributed by atoms with Gasteiger partial charge in [-0.25, -0.2) is 0 Å². The molecule has 3 aromatic carbocycles. The van der Waals surface area contributed by atoms with Crippen LogP contribution in [0.5, 0.6) is 5.75 Å². The van der Waals surface area contributed by atoms with Crippen molar-refractivity contribution >= 4 is 34.4 Å². The van der Waals surface area contributed by atoms with Crippen molar-refractivity contribution in [2.24, 2.45) is 5.11 Å². The zero-order valence-corrected chi connectivity index (χ0v) is 16.1. The number of methoxy groups -OCH3 is 1. The first-order chi connectivity index (χ1) is 13.5. The highest BCUT2D eigenvalue weighted by atomic mass is 35.5. The number of anilines is 2. The lowest BCUT2D eigenvalue weighted by Crippen LogP contribution is -2.05. The number of carbonyl (C=O) groups is 1. The normalized spacial score (nSPS) is 10.1. The number of nitrogens with zero attached hydrogens (tertiary/aromatic N) is 3. The van der Waals surface area contributed by atoms with E-state index in [2.05, 4.69) is 15.3 Å². The maximum absolute atomic E-state index is 12.9. The minimum atomic E-state index is -0.231. The predicted octanol–water partition coefficient (Wildman–Crippen LogP) is 6.57. The smallest absolute Gasteiger partial charge is 0.194 e. The Kier molecular flexibility index (Phi) is 5.84. The number of azide groups is 1. The number of nitrogens with one attached hydrogen (secondary N) is 1. The second-order valence-electron chi connectivity index (χ2n) is 6.07. The molecule has 0 fully saturated rings. The fraction of sp³-hybridized carbons (Fsp3) is 0.0952. The van der Waals surface area contributed by atoms with Gasteiger partial charge in [-0.3, -0.25) is 4.79 Å². The van der Waals surface area contributed by atoms with Crippen LogP contribution in [0.1, 0.15) is 21.5 Å². The van der Waals surface area contributed by atoms with Gasteiger partial charge in [0.15, 0.2) is 5.78 Å². The van der Waals surface area contributed by atoms with Gasteiger partial charge in [-0.05, 0) is 54.4 Å². The largest absolute Gasteiger partial charge is 0.497 e. The monoisotopic (exact) mass is 392 g/mol. The number of aryl methyl sites for hydroxylation is 1. The van der Waals surface area contributed by atoms with Crippen LogP contribution in [0.2, 0.25) is 5.02 Å². The quantitative estimate of drug-likeness (QED) is 0.222. The maximum Gasteiger partial charge on any atom is 0.194 e. The van der Waals surface area contributed by atoms with Crippen molar-refractivity contribution in [3.05, 3.63) is 92.8 Å². The number of ether oxygens (including phenoxy) is 1. The van der Waals surface area contributed by atoms with E-state index in [1.165, 1.54) is 0 Å². The molecule has 6 nitrogen and oxygen atoms in total. The molecular formula is C21H17ClN4O2. The molecule has 0 aliphatic carbocycles. The van der Waals surface area contributed by atoms with Crippen LogP contribution in [0.15, 0.2) is 65.8 Å². The lowest BCUT2D eigenvalue weighted by Gasteiger charge is -2.11. The minimum Gasteiger partial charge on any atom is -0.497 e. The topological polar surface area (TPSA) is 87.1 Å². The lowest BCUT2D eigenvalue weighted by molar-refractivity contribution is 0.103. The summed E-state index contributed by atoms with van der Waals surface area (Å²) >= 11 is 6.38. The zero-order valence-electron chi connectivity index (χ0n) is 15.3. The Bertz CT molecular complexity index is 1090. The first kappa shape index (κ1) is 19.3. The van der Waals surface area contributed by atoms with E-state index in [1.54, 1.807) is 43.5 Å². The Morgan fingerprint density at radius 2 is 1.86 bits per heavy atom. The summed E-state index contributed by atoms with van der Waals surface area (Å²) in [6, 6.07) is 17.6. The van der Waals surface area contributed by atoms with E-state index in [0.29, 0.717) is 21.8 Å². The molecule has 0 saturated heterocycles. The van der Waals surface area contributed by atoms with E-state index >= 15 is 0 Å². The molecule has 0 spiro atoms. The molecule has 0 amide bonds. The van der Waals surface area contributed by atoms with Crippen LogP contribution in [-0.2, 0) is 0 Å². The van der Waals surface area contributed by atoms with Crippen LogP contribution in [0.3, 0.4) is 0 Å². The molecule has 0 aliphatic rings. The molecule has 0 radical (unpaired) electrons. The van der Waals surface area contributed by atoms with Gasteiger partial charge in [0.05, 0.1) is 12.1 Å². The van der Waals surface area contributed by atoms with Crippen LogP contribution in [-0.4, -0.2) is 12.9 Å². The highest BCUT2D eigenvalue weighted by Gasteiger charge is 2.16. The van der Waals surface area contributed by atoms with Crippen LogP contribution in [0.25, 0.3) is 10.4 Å². The molecule has 140 valence electrons. The third-order valence-electron chi connectivity index (χ3n) is 4.20. The summed E-state index contributed by atoms with van der Waals surface area (Å²) in [6.45, 7) is 1.82. The molecule has 0 saturated carbocycles. The second kappa shape index (κ2) is 8.48. The molecule has 0 unspecified atom stereocenters. The van der Waals surface area contributed by atoms with Gasteiger partial charge in [0, 0.05) is 39.2 Å². The number of halogens is 1. The molecule has 1 N–H and O–H groups in total. The Morgan fingerprint density at radius 3 is 2.57 bits per heavy atom. The lowest BCUT2D eigenvalue weighted by atomic mass is 9.98. The first-order valence-electron chi connectivity index (χ1n) is 8.43. The van der Waals surface area contributed by atoms with Crippen LogP contribution < -0.4 is 10.1 Å². The number of hydrogen-bond acceptors (Lipinski definition) is 4. The Labute approximate surface area is 167 Å². The minimum absolute atomic E-state index is 0.231. The van der Waals surface area contributed by atoms with Gasteiger partial charge in [0.1, 0.15) is 5.75 Å². The van der Waals surface area contributed by atoms with E-state index in [1.807, 2.05) is 31.2 Å². The van der Waals surface area contributed by atoms with E-state index in [0.717, 1.165) is 22.7 Å². The summed E-state index contributed by atoms with van der Waals surface area (Å²) in [4.78, 5) is 15.7. The summed E-state index contributed by atoms with van der Waals surface area (Å²) in [5, 5.41) is 7.11. The Balaban J connectivity index is 1.89. The Morgan fingerprint density at radius 1 is 1.07 bits per heavy atom. The molecule has 7 heteroatoms. The standard InChI is InChI=1S/C21H17ClN4O2/c1-13-6-7-16(25-26-23)11-19(13)21(27)18-9-8-15(12-20(18)22)24-14-4-3-5-17(10-14)28-2/h3-12,24H,1-2H3. The van der Waals surface area contributed by atoms with Crippen LogP contribution in [0, 0.1) is 6.92 Å². The summed E-state index contributed by atoms with van der Waals surface area (Å²) in [5.74, 6) is 0.503.